The zero-order valence-corrected chi connectivity index (χ0v) is 10.7. The molecule has 5 heteroatoms. The van der Waals surface area contributed by atoms with Gasteiger partial charge in [0, 0.05) is 18.6 Å². The average molecular weight is 234 g/mol. The quantitative estimate of drug-likeness (QED) is 0.801. The van der Waals surface area contributed by atoms with Gasteiger partial charge in [0.15, 0.2) is 0 Å². The molecule has 0 spiro atoms. The maximum atomic E-state index is 12.0. The summed E-state index contributed by atoms with van der Waals surface area (Å²) in [5, 5.41) is 0. The number of nitrogens with one attached hydrogen (secondary N) is 1. The molecule has 1 aliphatic heterocycles. The van der Waals surface area contributed by atoms with Crippen molar-refractivity contribution in [3.63, 3.8) is 0 Å². The molecular formula is C10H22N2O2S. The molecule has 4 nitrogen and oxygen atoms in total. The SMILES string of the molecule is CC[C@@H](C)NS(=O)(=O)N1CCCC[C@@H]1C. The summed E-state index contributed by atoms with van der Waals surface area (Å²) in [5.41, 5.74) is 0. The molecule has 0 amide bonds. The molecule has 0 unspecified atom stereocenters. The van der Waals surface area contributed by atoms with Crippen LogP contribution in [0.1, 0.15) is 46.5 Å². The van der Waals surface area contributed by atoms with Crippen LogP contribution in [0, 0.1) is 0 Å². The highest BCUT2D eigenvalue weighted by molar-refractivity contribution is 7.87. The van der Waals surface area contributed by atoms with Crippen LogP contribution < -0.4 is 4.72 Å². The van der Waals surface area contributed by atoms with Gasteiger partial charge in [-0.25, -0.2) is 0 Å². The second-order valence-electron chi connectivity index (χ2n) is 4.39. The van der Waals surface area contributed by atoms with Crippen molar-refractivity contribution in [2.75, 3.05) is 6.54 Å². The van der Waals surface area contributed by atoms with Crippen LogP contribution in [0.4, 0.5) is 0 Å². The summed E-state index contributed by atoms with van der Waals surface area (Å²) in [6.45, 7) is 6.51. The molecule has 1 heterocycles. The van der Waals surface area contributed by atoms with Crippen molar-refractivity contribution >= 4 is 10.2 Å². The highest BCUT2D eigenvalue weighted by atomic mass is 32.2. The van der Waals surface area contributed by atoms with E-state index in [1.165, 1.54) is 0 Å². The molecule has 1 aliphatic rings. The minimum Gasteiger partial charge on any atom is -0.199 e. The fraction of sp³-hybridized carbons (Fsp3) is 1.00. The molecule has 1 saturated heterocycles. The summed E-state index contributed by atoms with van der Waals surface area (Å²) >= 11 is 0. The summed E-state index contributed by atoms with van der Waals surface area (Å²) in [6, 6.07) is 0.157. The molecular weight excluding hydrogens is 212 g/mol. The zero-order chi connectivity index (χ0) is 11.5. The van der Waals surface area contributed by atoms with E-state index in [1.54, 1.807) is 4.31 Å². The standard InChI is InChI=1S/C10H22N2O2S/c1-4-9(2)11-15(13,14)12-8-6-5-7-10(12)3/h9-11H,4-8H2,1-3H3/t9-,10+/m1/s1. The first-order valence-corrected chi connectivity index (χ1v) is 7.20. The smallest absolute Gasteiger partial charge is 0.199 e. The van der Waals surface area contributed by atoms with Gasteiger partial charge in [-0.1, -0.05) is 13.3 Å². The molecule has 1 rings (SSSR count). The van der Waals surface area contributed by atoms with E-state index in [-0.39, 0.29) is 12.1 Å². The number of rotatable bonds is 4. The second kappa shape index (κ2) is 5.27. The average Bonchev–Trinajstić information content (AvgIpc) is 2.17. The molecule has 0 radical (unpaired) electrons. The van der Waals surface area contributed by atoms with Gasteiger partial charge >= 0.3 is 0 Å². The lowest BCUT2D eigenvalue weighted by atomic mass is 10.1. The topological polar surface area (TPSA) is 49.4 Å². The normalized spacial score (nSPS) is 26.5. The number of hydrogen-bond donors (Lipinski definition) is 1. The van der Waals surface area contributed by atoms with Gasteiger partial charge in [0.1, 0.15) is 0 Å². The fourth-order valence-corrected chi connectivity index (χ4v) is 3.59. The van der Waals surface area contributed by atoms with Crippen LogP contribution in [-0.4, -0.2) is 31.4 Å². The third-order valence-electron chi connectivity index (χ3n) is 3.01. The zero-order valence-electron chi connectivity index (χ0n) is 9.86. The lowest BCUT2D eigenvalue weighted by Gasteiger charge is -2.33. The number of piperidine rings is 1. The largest absolute Gasteiger partial charge is 0.279 e. The third-order valence-corrected chi connectivity index (χ3v) is 4.87. The van der Waals surface area contributed by atoms with Crippen LogP contribution in [0.2, 0.25) is 0 Å². The Morgan fingerprint density at radius 1 is 1.47 bits per heavy atom. The maximum absolute atomic E-state index is 12.0. The van der Waals surface area contributed by atoms with Crippen LogP contribution in [-0.2, 0) is 10.2 Å². The summed E-state index contributed by atoms with van der Waals surface area (Å²) in [6.07, 6.45) is 3.91. The summed E-state index contributed by atoms with van der Waals surface area (Å²) in [5.74, 6) is 0. The number of nitrogens with zero attached hydrogens (tertiary/aromatic N) is 1. The lowest BCUT2D eigenvalue weighted by Crippen LogP contribution is -2.49. The van der Waals surface area contributed by atoms with Crippen molar-refractivity contribution in [1.29, 1.82) is 0 Å². The summed E-state index contributed by atoms with van der Waals surface area (Å²) in [7, 11) is -3.26. The van der Waals surface area contributed by atoms with Gasteiger partial charge in [0.25, 0.3) is 10.2 Å². The van der Waals surface area contributed by atoms with E-state index in [4.69, 9.17) is 0 Å². The minimum atomic E-state index is -3.26. The Morgan fingerprint density at radius 3 is 2.67 bits per heavy atom. The predicted octanol–water partition coefficient (Wildman–Crippen LogP) is 1.49. The Hall–Kier alpha value is -0.130. The maximum Gasteiger partial charge on any atom is 0.279 e. The van der Waals surface area contributed by atoms with Gasteiger partial charge in [-0.15, -0.1) is 0 Å². The van der Waals surface area contributed by atoms with E-state index >= 15 is 0 Å². The van der Waals surface area contributed by atoms with Crippen molar-refractivity contribution in [2.45, 2.75) is 58.5 Å². The Balaban J connectivity index is 2.67. The van der Waals surface area contributed by atoms with Crippen molar-refractivity contribution in [2.24, 2.45) is 0 Å². The lowest BCUT2D eigenvalue weighted by molar-refractivity contribution is 0.264. The second-order valence-corrected chi connectivity index (χ2v) is 6.04. The monoisotopic (exact) mass is 234 g/mol. The van der Waals surface area contributed by atoms with Gasteiger partial charge in [-0.3, -0.25) is 0 Å². The van der Waals surface area contributed by atoms with Crippen LogP contribution in [0.25, 0.3) is 0 Å². The Bertz CT molecular complexity index is 290. The van der Waals surface area contributed by atoms with Gasteiger partial charge in [-0.2, -0.15) is 17.4 Å². The molecule has 0 aromatic rings. The van der Waals surface area contributed by atoms with Gasteiger partial charge in [-0.05, 0) is 33.1 Å². The van der Waals surface area contributed by atoms with E-state index in [2.05, 4.69) is 4.72 Å². The van der Waals surface area contributed by atoms with Crippen molar-refractivity contribution in [3.8, 4) is 0 Å². The Labute approximate surface area is 93.2 Å². The molecule has 1 fully saturated rings. The first-order chi connectivity index (χ1) is 6.97. The highest BCUT2D eigenvalue weighted by Gasteiger charge is 2.29. The molecule has 0 saturated carbocycles. The molecule has 0 aliphatic carbocycles. The van der Waals surface area contributed by atoms with E-state index in [0.717, 1.165) is 25.7 Å². The highest BCUT2D eigenvalue weighted by Crippen LogP contribution is 2.19. The van der Waals surface area contributed by atoms with E-state index < -0.39 is 10.2 Å². The Morgan fingerprint density at radius 2 is 2.13 bits per heavy atom. The molecule has 2 atom stereocenters. The first kappa shape index (κ1) is 12.9. The van der Waals surface area contributed by atoms with Crippen LogP contribution in [0.15, 0.2) is 0 Å². The number of hydrogen-bond acceptors (Lipinski definition) is 2. The Kier molecular flexibility index (Phi) is 4.55. The predicted molar refractivity (Wildman–Crippen MR) is 61.8 cm³/mol. The van der Waals surface area contributed by atoms with Gasteiger partial charge < -0.3 is 0 Å². The van der Waals surface area contributed by atoms with Gasteiger partial charge in [0.2, 0.25) is 0 Å². The van der Waals surface area contributed by atoms with Crippen LogP contribution >= 0.6 is 0 Å². The van der Waals surface area contributed by atoms with Crippen LogP contribution in [0.5, 0.6) is 0 Å². The molecule has 0 aromatic heterocycles. The summed E-state index contributed by atoms with van der Waals surface area (Å²) in [4.78, 5) is 0. The fourth-order valence-electron chi connectivity index (χ4n) is 1.83. The van der Waals surface area contributed by atoms with Crippen molar-refractivity contribution in [3.05, 3.63) is 0 Å². The minimum absolute atomic E-state index is 0.0177. The molecule has 0 bridgehead atoms. The third kappa shape index (κ3) is 3.43. The van der Waals surface area contributed by atoms with Gasteiger partial charge in [0.05, 0.1) is 0 Å². The van der Waals surface area contributed by atoms with Crippen LogP contribution in [0.3, 0.4) is 0 Å². The molecule has 0 aromatic carbocycles. The molecule has 15 heavy (non-hydrogen) atoms. The molecule has 90 valence electrons. The van der Waals surface area contributed by atoms with Crippen molar-refractivity contribution in [1.82, 2.24) is 9.03 Å². The van der Waals surface area contributed by atoms with E-state index in [1.807, 2.05) is 20.8 Å². The van der Waals surface area contributed by atoms with E-state index in [9.17, 15) is 8.42 Å². The molecule has 1 N–H and O–H groups in total. The summed E-state index contributed by atoms with van der Waals surface area (Å²) < 4.78 is 28.3. The van der Waals surface area contributed by atoms with Crippen molar-refractivity contribution < 1.29 is 8.42 Å². The van der Waals surface area contributed by atoms with E-state index in [0.29, 0.717) is 6.54 Å². The first-order valence-electron chi connectivity index (χ1n) is 5.76.